The molecule has 0 atom stereocenters. The zero-order chi connectivity index (χ0) is 25.1. The van der Waals surface area contributed by atoms with E-state index in [-0.39, 0.29) is 17.1 Å². The van der Waals surface area contributed by atoms with Crippen LogP contribution in [-0.2, 0) is 0 Å². The Labute approximate surface area is 213 Å². The molecule has 178 valence electrons. The number of hydrogen-bond donors (Lipinski definition) is 0. The summed E-state index contributed by atoms with van der Waals surface area (Å²) in [6, 6.07) is 22.2. The lowest BCUT2D eigenvalue weighted by atomic mass is 10.2. The Kier molecular flexibility index (Phi) is 6.46. The van der Waals surface area contributed by atoms with Crippen molar-refractivity contribution in [3.8, 4) is 23.1 Å². The summed E-state index contributed by atoms with van der Waals surface area (Å²) in [7, 11) is 1.47. The van der Waals surface area contributed by atoms with Crippen molar-refractivity contribution in [1.82, 2.24) is 9.66 Å². The fourth-order valence-electron chi connectivity index (χ4n) is 3.51. The van der Waals surface area contributed by atoms with Gasteiger partial charge in [0.2, 0.25) is 5.82 Å². The first kappa shape index (κ1) is 23.3. The number of para-hydroxylation sites is 1. The SMILES string of the molecule is COc1cc(C=Nn2c(-c3ccco3)nc3ccccc3c2=O)ccc1OC(=O)c1ccc(Br)cc1. The number of methoxy groups -OCH3 is 1. The molecule has 0 aliphatic rings. The first-order chi connectivity index (χ1) is 17.5. The van der Waals surface area contributed by atoms with Gasteiger partial charge in [0.15, 0.2) is 17.3 Å². The summed E-state index contributed by atoms with van der Waals surface area (Å²) in [5.74, 6) is 0.747. The molecular weight excluding hydrogens is 526 g/mol. The smallest absolute Gasteiger partial charge is 0.343 e. The van der Waals surface area contributed by atoms with Crippen LogP contribution in [0.5, 0.6) is 11.5 Å². The van der Waals surface area contributed by atoms with Gasteiger partial charge in [-0.05, 0) is 72.3 Å². The highest BCUT2D eigenvalue weighted by Gasteiger charge is 2.15. The molecule has 5 rings (SSSR count). The number of ether oxygens (including phenoxy) is 2. The minimum Gasteiger partial charge on any atom is -0.493 e. The second kappa shape index (κ2) is 10.0. The molecule has 2 aromatic heterocycles. The van der Waals surface area contributed by atoms with Crippen molar-refractivity contribution in [3.63, 3.8) is 0 Å². The van der Waals surface area contributed by atoms with E-state index in [1.807, 2.05) is 6.07 Å². The average Bonchev–Trinajstić information content (AvgIpc) is 3.44. The highest BCUT2D eigenvalue weighted by atomic mass is 79.9. The molecule has 0 fully saturated rings. The van der Waals surface area contributed by atoms with Crippen molar-refractivity contribution in [3.05, 3.63) is 111 Å². The number of carbonyl (C=O) groups excluding carboxylic acids is 1. The monoisotopic (exact) mass is 543 g/mol. The van der Waals surface area contributed by atoms with Crippen molar-refractivity contribution < 1.29 is 18.7 Å². The second-order valence-electron chi connectivity index (χ2n) is 7.60. The lowest BCUT2D eigenvalue weighted by molar-refractivity contribution is 0.0729. The number of rotatable bonds is 6. The number of aromatic nitrogens is 2. The molecule has 5 aromatic rings. The third-order valence-electron chi connectivity index (χ3n) is 5.29. The molecule has 8 nitrogen and oxygen atoms in total. The Balaban J connectivity index is 1.48. The maximum absolute atomic E-state index is 13.2. The van der Waals surface area contributed by atoms with Gasteiger partial charge in [-0.25, -0.2) is 9.78 Å². The van der Waals surface area contributed by atoms with Gasteiger partial charge in [0.25, 0.3) is 5.56 Å². The molecule has 0 bridgehead atoms. The van der Waals surface area contributed by atoms with Crippen LogP contribution < -0.4 is 15.0 Å². The van der Waals surface area contributed by atoms with Crippen LogP contribution >= 0.6 is 15.9 Å². The maximum atomic E-state index is 13.2. The van der Waals surface area contributed by atoms with Crippen molar-refractivity contribution >= 4 is 39.0 Å². The highest BCUT2D eigenvalue weighted by Crippen LogP contribution is 2.29. The third kappa shape index (κ3) is 4.69. The van der Waals surface area contributed by atoms with Gasteiger partial charge in [-0.1, -0.05) is 28.1 Å². The van der Waals surface area contributed by atoms with Crippen LogP contribution in [0.3, 0.4) is 0 Å². The predicted molar refractivity (Wildman–Crippen MR) is 139 cm³/mol. The van der Waals surface area contributed by atoms with Crippen LogP contribution in [0.2, 0.25) is 0 Å². The van der Waals surface area contributed by atoms with Crippen molar-refractivity contribution in [2.24, 2.45) is 5.10 Å². The van der Waals surface area contributed by atoms with E-state index in [4.69, 9.17) is 13.9 Å². The molecule has 36 heavy (non-hydrogen) atoms. The van der Waals surface area contributed by atoms with E-state index >= 15 is 0 Å². The van der Waals surface area contributed by atoms with Gasteiger partial charge in [0.05, 0.1) is 36.1 Å². The van der Waals surface area contributed by atoms with E-state index in [0.717, 1.165) is 4.47 Å². The van der Waals surface area contributed by atoms with Gasteiger partial charge >= 0.3 is 5.97 Å². The van der Waals surface area contributed by atoms with Crippen molar-refractivity contribution in [2.45, 2.75) is 0 Å². The van der Waals surface area contributed by atoms with Gasteiger partial charge in [0.1, 0.15) is 0 Å². The summed E-state index contributed by atoms with van der Waals surface area (Å²) in [4.78, 5) is 30.3. The number of halogens is 1. The number of nitrogens with zero attached hydrogens (tertiary/aromatic N) is 3. The van der Waals surface area contributed by atoms with E-state index in [2.05, 4.69) is 26.0 Å². The van der Waals surface area contributed by atoms with Crippen molar-refractivity contribution in [1.29, 1.82) is 0 Å². The van der Waals surface area contributed by atoms with Crippen LogP contribution in [0.15, 0.2) is 104 Å². The Morgan fingerprint density at radius 1 is 1.03 bits per heavy atom. The molecule has 2 heterocycles. The Hall–Kier alpha value is -4.50. The molecule has 0 aliphatic carbocycles. The minimum atomic E-state index is -0.515. The number of esters is 1. The van der Waals surface area contributed by atoms with Gasteiger partial charge < -0.3 is 13.9 Å². The van der Waals surface area contributed by atoms with E-state index in [1.165, 1.54) is 24.3 Å². The van der Waals surface area contributed by atoms with Crippen LogP contribution in [-0.4, -0.2) is 29.0 Å². The first-order valence-corrected chi connectivity index (χ1v) is 11.6. The summed E-state index contributed by atoms with van der Waals surface area (Å²) >= 11 is 3.34. The number of furan rings is 1. The minimum absolute atomic E-state index is 0.253. The quantitative estimate of drug-likeness (QED) is 0.159. The first-order valence-electron chi connectivity index (χ1n) is 10.8. The molecule has 0 N–H and O–H groups in total. The fraction of sp³-hybridized carbons (Fsp3) is 0.0370. The number of fused-ring (bicyclic) bond motifs is 1. The summed E-state index contributed by atoms with van der Waals surface area (Å²) in [5.41, 5.74) is 1.22. The van der Waals surface area contributed by atoms with Gasteiger partial charge in [0, 0.05) is 4.47 Å². The largest absolute Gasteiger partial charge is 0.493 e. The van der Waals surface area contributed by atoms with E-state index in [1.54, 1.807) is 72.8 Å². The number of carbonyl (C=O) groups is 1. The molecule has 0 spiro atoms. The Morgan fingerprint density at radius 2 is 1.83 bits per heavy atom. The molecule has 3 aromatic carbocycles. The molecular formula is C27H18BrN3O5. The summed E-state index contributed by atoms with van der Waals surface area (Å²) in [6.07, 6.45) is 3.00. The number of benzene rings is 3. The zero-order valence-corrected chi connectivity index (χ0v) is 20.5. The topological polar surface area (TPSA) is 95.9 Å². The van der Waals surface area contributed by atoms with Gasteiger partial charge in [-0.3, -0.25) is 4.79 Å². The standard InChI is InChI=1S/C27H18BrN3O5/c1-34-24-15-17(8-13-22(24)36-27(33)18-9-11-19(28)12-10-18)16-29-31-25(23-7-4-14-35-23)30-21-6-3-2-5-20(21)26(31)32/h2-16H,1H3. The average molecular weight is 544 g/mol. The lowest BCUT2D eigenvalue weighted by Crippen LogP contribution is -2.20. The van der Waals surface area contributed by atoms with E-state index in [9.17, 15) is 9.59 Å². The predicted octanol–water partition coefficient (Wildman–Crippen LogP) is 5.53. The van der Waals surface area contributed by atoms with Crippen LogP contribution in [0.25, 0.3) is 22.5 Å². The summed E-state index contributed by atoms with van der Waals surface area (Å²) in [6.45, 7) is 0. The molecule has 9 heteroatoms. The summed E-state index contributed by atoms with van der Waals surface area (Å²) in [5, 5.41) is 4.82. The van der Waals surface area contributed by atoms with E-state index in [0.29, 0.717) is 33.5 Å². The third-order valence-corrected chi connectivity index (χ3v) is 5.82. The van der Waals surface area contributed by atoms with Crippen LogP contribution in [0.4, 0.5) is 0 Å². The lowest BCUT2D eigenvalue weighted by Gasteiger charge is -2.10. The van der Waals surface area contributed by atoms with Crippen molar-refractivity contribution in [2.75, 3.05) is 7.11 Å². The molecule has 0 saturated carbocycles. The zero-order valence-electron chi connectivity index (χ0n) is 18.9. The maximum Gasteiger partial charge on any atom is 0.343 e. The van der Waals surface area contributed by atoms with Gasteiger partial charge in [-0.2, -0.15) is 9.78 Å². The normalized spacial score (nSPS) is 11.2. The van der Waals surface area contributed by atoms with Gasteiger partial charge in [-0.15, -0.1) is 0 Å². The molecule has 0 aliphatic heterocycles. The Morgan fingerprint density at radius 3 is 2.58 bits per heavy atom. The molecule has 0 amide bonds. The molecule has 0 radical (unpaired) electrons. The molecule has 0 saturated heterocycles. The highest BCUT2D eigenvalue weighted by molar-refractivity contribution is 9.10. The van der Waals surface area contributed by atoms with Crippen LogP contribution in [0, 0.1) is 0 Å². The second-order valence-corrected chi connectivity index (χ2v) is 8.51. The summed E-state index contributed by atoms with van der Waals surface area (Å²) < 4.78 is 18.5. The fourth-order valence-corrected chi connectivity index (χ4v) is 3.78. The number of hydrogen-bond acceptors (Lipinski definition) is 7. The Bertz CT molecular complexity index is 1640. The van der Waals surface area contributed by atoms with E-state index < -0.39 is 5.97 Å². The molecule has 0 unspecified atom stereocenters. The van der Waals surface area contributed by atoms with Crippen LogP contribution in [0.1, 0.15) is 15.9 Å².